The molecule has 1 aromatic heterocycles. The lowest BCUT2D eigenvalue weighted by Gasteiger charge is -2.05. The van der Waals surface area contributed by atoms with Gasteiger partial charge in [-0.25, -0.2) is 0 Å². The smallest absolute Gasteiger partial charge is 0.269 e. The van der Waals surface area contributed by atoms with E-state index < -0.39 is 0 Å². The molecule has 1 heterocycles. The minimum Gasteiger partial charge on any atom is -0.309 e. The summed E-state index contributed by atoms with van der Waals surface area (Å²) >= 11 is 0. The molecule has 19 heavy (non-hydrogen) atoms. The molecule has 0 aliphatic heterocycles. The predicted molar refractivity (Wildman–Crippen MR) is 72.6 cm³/mol. The van der Waals surface area contributed by atoms with Gasteiger partial charge in [0.25, 0.3) is 5.69 Å². The lowest BCUT2D eigenvalue weighted by Crippen LogP contribution is -2.13. The highest BCUT2D eigenvalue weighted by Gasteiger charge is 2.05. The third-order valence-corrected chi connectivity index (χ3v) is 2.71. The Morgan fingerprint density at radius 1 is 1.21 bits per heavy atom. The van der Waals surface area contributed by atoms with Crippen molar-refractivity contribution in [1.29, 1.82) is 0 Å². The van der Waals surface area contributed by atoms with Gasteiger partial charge in [-0.1, -0.05) is 18.2 Å². The van der Waals surface area contributed by atoms with Gasteiger partial charge in [0.05, 0.1) is 4.92 Å². The van der Waals surface area contributed by atoms with E-state index in [4.69, 9.17) is 0 Å². The second-order valence-electron chi connectivity index (χ2n) is 4.40. The summed E-state index contributed by atoms with van der Waals surface area (Å²) in [7, 11) is 0. The monoisotopic (exact) mass is 257 g/mol. The van der Waals surface area contributed by atoms with Crippen LogP contribution in [-0.4, -0.2) is 9.91 Å². The van der Waals surface area contributed by atoms with Crippen LogP contribution in [0.25, 0.3) is 0 Å². The molecule has 0 spiro atoms. The van der Waals surface area contributed by atoms with Gasteiger partial charge in [-0.05, 0) is 23.6 Å². The maximum Gasteiger partial charge on any atom is 0.269 e. The number of nitro benzene ring substituents is 1. The number of aryl methyl sites for hydroxylation is 1. The molecule has 1 aromatic carbocycles. The Morgan fingerprint density at radius 3 is 2.74 bits per heavy atom. The average molecular weight is 257 g/mol. The topological polar surface area (TPSA) is 68.1 Å². The van der Waals surface area contributed by atoms with Crippen LogP contribution in [0.15, 0.2) is 42.7 Å². The second kappa shape index (κ2) is 6.06. The Labute approximate surface area is 111 Å². The molecule has 0 radical (unpaired) electrons. The number of hydrogen-bond acceptors (Lipinski definition) is 4. The van der Waals surface area contributed by atoms with E-state index in [1.165, 1.54) is 6.07 Å². The first-order chi connectivity index (χ1) is 9.15. The molecule has 2 aromatic rings. The van der Waals surface area contributed by atoms with Crippen LogP contribution in [0, 0.1) is 17.0 Å². The Morgan fingerprint density at radius 2 is 2.00 bits per heavy atom. The molecule has 5 nitrogen and oxygen atoms in total. The van der Waals surface area contributed by atoms with Gasteiger partial charge in [-0.2, -0.15) is 0 Å². The molecule has 0 bridgehead atoms. The largest absolute Gasteiger partial charge is 0.309 e. The second-order valence-corrected chi connectivity index (χ2v) is 4.40. The lowest BCUT2D eigenvalue weighted by molar-refractivity contribution is -0.384. The molecule has 5 heteroatoms. The minimum atomic E-state index is -0.381. The van der Waals surface area contributed by atoms with Crippen molar-refractivity contribution in [2.45, 2.75) is 20.0 Å². The summed E-state index contributed by atoms with van der Waals surface area (Å²) in [6.45, 7) is 3.28. The highest BCUT2D eigenvalue weighted by molar-refractivity contribution is 5.34. The number of benzene rings is 1. The zero-order valence-corrected chi connectivity index (χ0v) is 10.7. The average Bonchev–Trinajstić information content (AvgIpc) is 2.39. The van der Waals surface area contributed by atoms with Crippen LogP contribution >= 0.6 is 0 Å². The number of nitro groups is 1. The van der Waals surface area contributed by atoms with Crippen molar-refractivity contribution in [1.82, 2.24) is 10.3 Å². The van der Waals surface area contributed by atoms with E-state index in [1.807, 2.05) is 25.4 Å². The normalized spacial score (nSPS) is 10.4. The number of non-ortho nitro benzene ring substituents is 1. The third kappa shape index (κ3) is 3.86. The Hall–Kier alpha value is -2.27. The fourth-order valence-corrected chi connectivity index (χ4v) is 1.85. The number of rotatable bonds is 5. The highest BCUT2D eigenvalue weighted by atomic mass is 16.6. The van der Waals surface area contributed by atoms with Crippen LogP contribution in [0.3, 0.4) is 0 Å². The van der Waals surface area contributed by atoms with E-state index in [-0.39, 0.29) is 10.6 Å². The van der Waals surface area contributed by atoms with E-state index in [0.29, 0.717) is 13.1 Å². The van der Waals surface area contributed by atoms with Crippen LogP contribution < -0.4 is 5.32 Å². The zero-order chi connectivity index (χ0) is 13.7. The molecule has 0 fully saturated rings. The van der Waals surface area contributed by atoms with Crippen molar-refractivity contribution < 1.29 is 4.92 Å². The molecule has 0 saturated carbocycles. The zero-order valence-electron chi connectivity index (χ0n) is 10.7. The van der Waals surface area contributed by atoms with Gasteiger partial charge in [0, 0.05) is 37.6 Å². The van der Waals surface area contributed by atoms with Crippen molar-refractivity contribution in [2.24, 2.45) is 0 Å². The Bertz CT molecular complexity index is 584. The molecule has 0 atom stereocenters. The molecule has 0 aliphatic carbocycles. The van der Waals surface area contributed by atoms with Crippen molar-refractivity contribution in [3.8, 4) is 0 Å². The van der Waals surface area contributed by atoms with Gasteiger partial charge < -0.3 is 5.32 Å². The molecular weight excluding hydrogens is 242 g/mol. The summed E-state index contributed by atoms with van der Waals surface area (Å²) in [6.07, 6.45) is 3.62. The maximum atomic E-state index is 10.7. The first-order valence-electron chi connectivity index (χ1n) is 6.00. The fraction of sp³-hybridized carbons (Fsp3) is 0.214. The Balaban J connectivity index is 1.92. The van der Waals surface area contributed by atoms with Gasteiger partial charge in [0.1, 0.15) is 0 Å². The maximum absolute atomic E-state index is 10.7. The number of nitrogens with zero attached hydrogens (tertiary/aromatic N) is 2. The van der Waals surface area contributed by atoms with Crippen molar-refractivity contribution >= 4 is 5.69 Å². The summed E-state index contributed by atoms with van der Waals surface area (Å²) in [6, 6.07) is 8.71. The van der Waals surface area contributed by atoms with E-state index in [9.17, 15) is 10.1 Å². The van der Waals surface area contributed by atoms with E-state index in [2.05, 4.69) is 16.4 Å². The summed E-state index contributed by atoms with van der Waals surface area (Å²) in [4.78, 5) is 14.4. The summed E-state index contributed by atoms with van der Waals surface area (Å²) < 4.78 is 0. The van der Waals surface area contributed by atoms with Crippen molar-refractivity contribution in [3.63, 3.8) is 0 Å². The van der Waals surface area contributed by atoms with Gasteiger partial charge in [-0.15, -0.1) is 0 Å². The van der Waals surface area contributed by atoms with Crippen LogP contribution in [0.2, 0.25) is 0 Å². The van der Waals surface area contributed by atoms with Crippen molar-refractivity contribution in [2.75, 3.05) is 0 Å². The lowest BCUT2D eigenvalue weighted by atomic mass is 10.2. The van der Waals surface area contributed by atoms with Crippen LogP contribution in [0.1, 0.15) is 16.7 Å². The molecule has 98 valence electrons. The number of pyridine rings is 1. The first kappa shape index (κ1) is 13.2. The number of aromatic nitrogens is 1. The van der Waals surface area contributed by atoms with Gasteiger partial charge in [0.15, 0.2) is 0 Å². The molecule has 0 unspecified atom stereocenters. The quantitative estimate of drug-likeness (QED) is 0.660. The first-order valence-corrected chi connectivity index (χ1v) is 6.00. The van der Waals surface area contributed by atoms with Crippen molar-refractivity contribution in [3.05, 3.63) is 69.5 Å². The van der Waals surface area contributed by atoms with E-state index in [1.54, 1.807) is 12.1 Å². The molecule has 0 amide bonds. The molecule has 1 N–H and O–H groups in total. The van der Waals surface area contributed by atoms with E-state index in [0.717, 1.165) is 16.7 Å². The van der Waals surface area contributed by atoms with Crippen LogP contribution in [-0.2, 0) is 13.1 Å². The van der Waals surface area contributed by atoms with E-state index >= 15 is 0 Å². The van der Waals surface area contributed by atoms with Gasteiger partial charge in [-0.3, -0.25) is 15.1 Å². The highest BCUT2D eigenvalue weighted by Crippen LogP contribution is 2.13. The predicted octanol–water partition coefficient (Wildman–Crippen LogP) is 2.59. The third-order valence-electron chi connectivity index (χ3n) is 2.71. The van der Waals surface area contributed by atoms with Crippen LogP contribution in [0.5, 0.6) is 0 Å². The molecule has 0 aliphatic rings. The summed E-state index contributed by atoms with van der Waals surface area (Å²) in [5.41, 5.74) is 3.24. The standard InChI is InChI=1S/C14H15N3O2/c1-11-5-13(9-15-7-11)10-16-8-12-3-2-4-14(6-12)17(18)19/h2-7,9,16H,8,10H2,1H3. The minimum absolute atomic E-state index is 0.122. The fourth-order valence-electron chi connectivity index (χ4n) is 1.85. The molecule has 2 rings (SSSR count). The number of hydrogen-bond donors (Lipinski definition) is 1. The SMILES string of the molecule is Cc1cncc(CNCc2cccc([N+](=O)[O-])c2)c1. The van der Waals surface area contributed by atoms with Crippen LogP contribution in [0.4, 0.5) is 5.69 Å². The number of nitrogens with one attached hydrogen (secondary N) is 1. The summed E-state index contributed by atoms with van der Waals surface area (Å²) in [5.74, 6) is 0. The molecule has 0 saturated heterocycles. The van der Waals surface area contributed by atoms with Gasteiger partial charge in [0.2, 0.25) is 0 Å². The Kier molecular flexibility index (Phi) is 4.20. The van der Waals surface area contributed by atoms with Gasteiger partial charge >= 0.3 is 0 Å². The summed E-state index contributed by atoms with van der Waals surface area (Å²) in [5, 5.41) is 13.9. The molecular formula is C14H15N3O2.